The standard InChI is InChI=1S/C20H31N5O4S2/c1-6-9-12-25-17-11-10-15(31(28,29)24(7-2)8-3)13-16(17)22-20(25)30-14(4)18(26)23-19(27)21-5/h10-11,13-14H,6-9,12H2,1-5H3,(H2,21,23,26,27)/t14-/m0/s1. The van der Waals surface area contributed by atoms with Crippen molar-refractivity contribution in [2.75, 3.05) is 20.1 Å². The second-order valence-corrected chi connectivity index (χ2v) is 10.2. The Morgan fingerprint density at radius 2 is 1.90 bits per heavy atom. The molecule has 0 aliphatic carbocycles. The second kappa shape index (κ2) is 11.0. The number of unbranched alkanes of at least 4 members (excludes halogenated alkanes) is 1. The van der Waals surface area contributed by atoms with Crippen LogP contribution in [0.15, 0.2) is 28.3 Å². The van der Waals surface area contributed by atoms with E-state index in [-0.39, 0.29) is 4.90 Å². The maximum absolute atomic E-state index is 12.9. The molecule has 1 aromatic carbocycles. The van der Waals surface area contributed by atoms with E-state index in [0.29, 0.717) is 30.3 Å². The topological polar surface area (TPSA) is 113 Å². The van der Waals surface area contributed by atoms with E-state index in [9.17, 15) is 18.0 Å². The monoisotopic (exact) mass is 469 g/mol. The molecule has 0 bridgehead atoms. The Kier molecular flexibility index (Phi) is 8.90. The summed E-state index contributed by atoms with van der Waals surface area (Å²) in [5.74, 6) is -0.428. The molecule has 0 saturated heterocycles. The molecular formula is C20H31N5O4S2. The normalized spacial score (nSPS) is 12.8. The van der Waals surface area contributed by atoms with Crippen LogP contribution in [-0.2, 0) is 21.4 Å². The Balaban J connectivity index is 2.44. The summed E-state index contributed by atoms with van der Waals surface area (Å²) in [5.41, 5.74) is 1.37. The molecule has 2 N–H and O–H groups in total. The zero-order chi connectivity index (χ0) is 23.2. The van der Waals surface area contributed by atoms with Gasteiger partial charge in [-0.15, -0.1) is 0 Å². The lowest BCUT2D eigenvalue weighted by Crippen LogP contribution is -2.41. The van der Waals surface area contributed by atoms with Crippen LogP contribution in [0.1, 0.15) is 40.5 Å². The molecule has 1 heterocycles. The third-order valence-electron chi connectivity index (χ3n) is 4.88. The van der Waals surface area contributed by atoms with E-state index < -0.39 is 27.2 Å². The van der Waals surface area contributed by atoms with Crippen molar-refractivity contribution >= 4 is 44.8 Å². The Morgan fingerprint density at radius 3 is 2.48 bits per heavy atom. The lowest BCUT2D eigenvalue weighted by molar-refractivity contribution is -0.119. The van der Waals surface area contributed by atoms with Crippen LogP contribution in [0.25, 0.3) is 11.0 Å². The van der Waals surface area contributed by atoms with Crippen molar-refractivity contribution in [3.63, 3.8) is 0 Å². The third kappa shape index (κ3) is 5.78. The number of fused-ring (bicyclic) bond motifs is 1. The Hall–Kier alpha value is -2.11. The first-order valence-electron chi connectivity index (χ1n) is 10.4. The first-order chi connectivity index (χ1) is 14.7. The molecule has 0 aliphatic heterocycles. The SMILES string of the molecule is CCCCn1c(S[C@@H](C)C(=O)NC(=O)NC)nc2cc(S(=O)(=O)N(CC)CC)ccc21. The maximum Gasteiger partial charge on any atom is 0.321 e. The van der Waals surface area contributed by atoms with E-state index in [1.807, 2.05) is 4.57 Å². The van der Waals surface area contributed by atoms with Crippen LogP contribution in [0.5, 0.6) is 0 Å². The van der Waals surface area contributed by atoms with Gasteiger partial charge in [-0.25, -0.2) is 18.2 Å². The van der Waals surface area contributed by atoms with Crippen molar-refractivity contribution < 1.29 is 18.0 Å². The molecule has 3 amide bonds. The molecule has 0 unspecified atom stereocenters. The summed E-state index contributed by atoms with van der Waals surface area (Å²) in [6.07, 6.45) is 1.89. The summed E-state index contributed by atoms with van der Waals surface area (Å²) in [6.45, 7) is 8.87. The number of amides is 3. The lowest BCUT2D eigenvalue weighted by Gasteiger charge is -2.18. The van der Waals surface area contributed by atoms with E-state index in [4.69, 9.17) is 0 Å². The largest absolute Gasteiger partial charge is 0.341 e. The fourth-order valence-corrected chi connectivity index (χ4v) is 5.50. The number of urea groups is 1. The van der Waals surface area contributed by atoms with Gasteiger partial charge >= 0.3 is 6.03 Å². The molecule has 0 aliphatic rings. The average molecular weight is 470 g/mol. The number of sulfonamides is 1. The molecule has 2 aromatic rings. The van der Waals surface area contributed by atoms with E-state index in [0.717, 1.165) is 18.4 Å². The van der Waals surface area contributed by atoms with E-state index >= 15 is 0 Å². The number of nitrogens with one attached hydrogen (secondary N) is 2. The summed E-state index contributed by atoms with van der Waals surface area (Å²) >= 11 is 1.24. The van der Waals surface area contributed by atoms with Gasteiger partial charge in [-0.3, -0.25) is 10.1 Å². The second-order valence-electron chi connectivity index (χ2n) is 6.97. The summed E-state index contributed by atoms with van der Waals surface area (Å²) in [4.78, 5) is 28.5. The number of carbonyl (C=O) groups excluding carboxylic acids is 2. The molecule has 172 valence electrons. The number of carbonyl (C=O) groups is 2. The predicted molar refractivity (Wildman–Crippen MR) is 123 cm³/mol. The van der Waals surface area contributed by atoms with E-state index in [2.05, 4.69) is 22.5 Å². The zero-order valence-electron chi connectivity index (χ0n) is 18.6. The molecule has 0 fully saturated rings. The minimum Gasteiger partial charge on any atom is -0.341 e. The number of hydrogen-bond acceptors (Lipinski definition) is 6. The number of benzene rings is 1. The predicted octanol–water partition coefficient (Wildman–Crippen LogP) is 2.80. The van der Waals surface area contributed by atoms with Gasteiger partial charge in [0.1, 0.15) is 0 Å². The summed E-state index contributed by atoms with van der Waals surface area (Å²) in [7, 11) is -2.16. The molecule has 1 atom stereocenters. The molecule has 0 spiro atoms. The first-order valence-corrected chi connectivity index (χ1v) is 12.7. The van der Waals surface area contributed by atoms with Gasteiger partial charge < -0.3 is 9.88 Å². The van der Waals surface area contributed by atoms with Crippen molar-refractivity contribution in [2.24, 2.45) is 0 Å². The van der Waals surface area contributed by atoms with Gasteiger partial charge in [-0.05, 0) is 31.5 Å². The Labute approximate surface area is 188 Å². The molecular weight excluding hydrogens is 438 g/mol. The van der Waals surface area contributed by atoms with Crippen molar-refractivity contribution in [3.05, 3.63) is 18.2 Å². The van der Waals surface area contributed by atoms with E-state index in [1.165, 1.54) is 23.1 Å². The molecule has 11 heteroatoms. The van der Waals surface area contributed by atoms with Crippen molar-refractivity contribution in [1.29, 1.82) is 0 Å². The first kappa shape index (κ1) is 25.2. The minimum absolute atomic E-state index is 0.200. The van der Waals surface area contributed by atoms with Gasteiger partial charge in [0.15, 0.2) is 5.16 Å². The number of thioether (sulfide) groups is 1. The van der Waals surface area contributed by atoms with Gasteiger partial charge in [-0.2, -0.15) is 4.31 Å². The van der Waals surface area contributed by atoms with Crippen LogP contribution < -0.4 is 10.6 Å². The quantitative estimate of drug-likeness (QED) is 0.517. The van der Waals surface area contributed by atoms with Crippen molar-refractivity contribution in [1.82, 2.24) is 24.5 Å². The summed E-state index contributed by atoms with van der Waals surface area (Å²) in [5, 5.41) is 4.67. The number of aryl methyl sites for hydroxylation is 1. The molecule has 31 heavy (non-hydrogen) atoms. The molecule has 0 saturated carbocycles. The number of imide groups is 1. The number of rotatable bonds is 10. The molecule has 9 nitrogen and oxygen atoms in total. The highest BCUT2D eigenvalue weighted by Crippen LogP contribution is 2.30. The smallest absolute Gasteiger partial charge is 0.321 e. The fourth-order valence-electron chi connectivity index (χ4n) is 3.07. The maximum atomic E-state index is 12.9. The van der Waals surface area contributed by atoms with Crippen LogP contribution in [0.3, 0.4) is 0 Å². The van der Waals surface area contributed by atoms with Gasteiger partial charge in [-0.1, -0.05) is 39.0 Å². The van der Waals surface area contributed by atoms with Crippen LogP contribution in [0, 0.1) is 0 Å². The van der Waals surface area contributed by atoms with E-state index in [1.54, 1.807) is 39.0 Å². The number of hydrogen-bond donors (Lipinski definition) is 2. The molecule has 1 aromatic heterocycles. The summed E-state index contributed by atoms with van der Waals surface area (Å²) in [6, 6.07) is 4.40. The van der Waals surface area contributed by atoms with Gasteiger partial charge in [0.2, 0.25) is 15.9 Å². The van der Waals surface area contributed by atoms with Crippen LogP contribution in [-0.4, -0.2) is 59.6 Å². The van der Waals surface area contributed by atoms with Crippen molar-refractivity contribution in [2.45, 2.75) is 62.4 Å². The summed E-state index contributed by atoms with van der Waals surface area (Å²) < 4.78 is 29.2. The van der Waals surface area contributed by atoms with Crippen LogP contribution in [0.2, 0.25) is 0 Å². The number of nitrogens with zero attached hydrogens (tertiary/aromatic N) is 3. The van der Waals surface area contributed by atoms with Crippen LogP contribution >= 0.6 is 11.8 Å². The van der Waals surface area contributed by atoms with Gasteiger partial charge in [0, 0.05) is 26.7 Å². The van der Waals surface area contributed by atoms with Gasteiger partial charge in [0.05, 0.1) is 21.2 Å². The highest BCUT2D eigenvalue weighted by atomic mass is 32.2. The number of aromatic nitrogens is 2. The highest BCUT2D eigenvalue weighted by Gasteiger charge is 2.24. The zero-order valence-corrected chi connectivity index (χ0v) is 20.3. The minimum atomic E-state index is -3.60. The molecule has 0 radical (unpaired) electrons. The Morgan fingerprint density at radius 1 is 1.23 bits per heavy atom. The van der Waals surface area contributed by atoms with Crippen LogP contribution in [0.4, 0.5) is 4.79 Å². The average Bonchev–Trinajstić information content (AvgIpc) is 3.08. The Bertz CT molecular complexity index is 1030. The number of imidazole rings is 1. The lowest BCUT2D eigenvalue weighted by atomic mass is 10.3. The van der Waals surface area contributed by atoms with Crippen molar-refractivity contribution in [3.8, 4) is 0 Å². The fraction of sp³-hybridized carbons (Fsp3) is 0.550. The van der Waals surface area contributed by atoms with Gasteiger partial charge in [0.25, 0.3) is 0 Å². The third-order valence-corrected chi connectivity index (χ3v) is 8.01. The molecule has 2 rings (SSSR count). The highest BCUT2D eigenvalue weighted by molar-refractivity contribution is 8.00.